The minimum atomic E-state index is -0.541. The molecule has 1 unspecified atom stereocenters. The Bertz CT molecular complexity index is 2730. The first kappa shape index (κ1) is 32.4. The van der Waals surface area contributed by atoms with Crippen LogP contribution in [0.25, 0.3) is 67.7 Å². The number of rotatable bonds is 7. The number of nitrogens with zero attached hydrogens (tertiary/aromatic N) is 4. The lowest BCUT2D eigenvalue weighted by atomic mass is 9.67. The van der Waals surface area contributed by atoms with Crippen molar-refractivity contribution in [1.29, 1.82) is 0 Å². The third-order valence-electron chi connectivity index (χ3n) is 10.7. The zero-order valence-electron chi connectivity index (χ0n) is 29.9. The summed E-state index contributed by atoms with van der Waals surface area (Å²) in [7, 11) is 0. The predicted octanol–water partition coefficient (Wildman–Crippen LogP) is 12.0. The summed E-state index contributed by atoms with van der Waals surface area (Å²) in [5, 5.41) is 0. The van der Waals surface area contributed by atoms with Crippen LogP contribution in [0, 0.1) is 0 Å². The topological polar surface area (TPSA) is 51.6 Å². The molecule has 0 saturated carbocycles. The van der Waals surface area contributed by atoms with E-state index in [2.05, 4.69) is 133 Å². The van der Waals surface area contributed by atoms with Gasteiger partial charge in [-0.25, -0.2) is 15.0 Å². The number of hydrogen-bond donors (Lipinski definition) is 0. The van der Waals surface area contributed by atoms with Crippen molar-refractivity contribution in [2.24, 2.45) is 0 Å². The van der Waals surface area contributed by atoms with Crippen LogP contribution in [0.15, 0.2) is 206 Å². The zero-order valence-corrected chi connectivity index (χ0v) is 29.9. The second-order valence-corrected chi connectivity index (χ2v) is 13.8. The number of fused-ring (bicyclic) bond motifs is 3. The highest BCUT2D eigenvalue weighted by molar-refractivity contribution is 5.88. The van der Waals surface area contributed by atoms with Gasteiger partial charge in [0.25, 0.3) is 0 Å². The van der Waals surface area contributed by atoms with Gasteiger partial charge < -0.3 is 0 Å². The van der Waals surface area contributed by atoms with Crippen LogP contribution in [0.3, 0.4) is 0 Å². The van der Waals surface area contributed by atoms with Crippen LogP contribution in [0.2, 0.25) is 0 Å². The molecule has 0 bridgehead atoms. The van der Waals surface area contributed by atoms with E-state index in [1.54, 1.807) is 0 Å². The molecule has 0 aliphatic heterocycles. The summed E-state index contributed by atoms with van der Waals surface area (Å²) in [5.74, 6) is 1.94. The fraction of sp³-hybridized carbons (Fsp3) is 0.0196. The molecule has 258 valence electrons. The van der Waals surface area contributed by atoms with Gasteiger partial charge in [0.05, 0.1) is 11.1 Å². The molecular weight excluding hydrogens is 669 g/mol. The van der Waals surface area contributed by atoms with Crippen LogP contribution in [-0.2, 0) is 5.41 Å². The highest BCUT2D eigenvalue weighted by atomic mass is 15.0. The van der Waals surface area contributed by atoms with Crippen LogP contribution in [-0.4, -0.2) is 19.9 Å². The molecule has 1 aliphatic rings. The second kappa shape index (κ2) is 13.6. The highest BCUT2D eigenvalue weighted by Gasteiger charge is 2.46. The van der Waals surface area contributed by atoms with E-state index >= 15 is 0 Å². The van der Waals surface area contributed by atoms with E-state index in [4.69, 9.17) is 19.9 Å². The zero-order chi connectivity index (χ0) is 36.6. The van der Waals surface area contributed by atoms with Gasteiger partial charge in [0, 0.05) is 28.5 Å². The Morgan fingerprint density at radius 2 is 0.818 bits per heavy atom. The maximum Gasteiger partial charge on any atom is 0.164 e. The van der Waals surface area contributed by atoms with Gasteiger partial charge in [-0.05, 0) is 68.8 Å². The standard InChI is InChI=1S/C51H34N4/c1-4-15-36(16-5-1)48-53-49(37-17-6-2-7-18-37)55-50(54-48)38-28-26-35(27-29-38)39-19-14-22-42(33-39)51(41-20-8-3-9-21-41)45-24-11-10-23-43(45)44-31-30-40(34-46(44)51)47-25-12-13-32-52-47/h1-34H. The van der Waals surface area contributed by atoms with E-state index in [0.29, 0.717) is 17.5 Å². The van der Waals surface area contributed by atoms with Crippen LogP contribution in [0.1, 0.15) is 22.3 Å². The van der Waals surface area contributed by atoms with Crippen molar-refractivity contribution in [3.63, 3.8) is 0 Å². The SMILES string of the molecule is c1ccc(-c2nc(-c3ccccc3)nc(-c3ccc(-c4cccc(C5(c6ccccc6)c6ccccc6-c6ccc(-c7ccccn7)cc65)c4)cc3)n2)cc1. The Morgan fingerprint density at radius 1 is 0.309 bits per heavy atom. The van der Waals surface area contributed by atoms with Gasteiger partial charge in [0.1, 0.15) is 0 Å². The minimum Gasteiger partial charge on any atom is -0.256 e. The van der Waals surface area contributed by atoms with Gasteiger partial charge in [-0.2, -0.15) is 0 Å². The van der Waals surface area contributed by atoms with Crippen molar-refractivity contribution in [3.05, 3.63) is 229 Å². The van der Waals surface area contributed by atoms with Gasteiger partial charge in [0.15, 0.2) is 17.5 Å². The van der Waals surface area contributed by atoms with Gasteiger partial charge in [-0.3, -0.25) is 4.98 Å². The van der Waals surface area contributed by atoms with Crippen LogP contribution < -0.4 is 0 Å². The van der Waals surface area contributed by atoms with E-state index in [1.165, 1.54) is 33.4 Å². The minimum absolute atomic E-state index is 0.541. The first-order valence-corrected chi connectivity index (χ1v) is 18.6. The monoisotopic (exact) mass is 702 g/mol. The molecule has 7 aromatic carbocycles. The molecule has 1 atom stereocenters. The summed E-state index contributed by atoms with van der Waals surface area (Å²) in [6.07, 6.45) is 1.86. The summed E-state index contributed by atoms with van der Waals surface area (Å²) in [4.78, 5) is 19.5. The first-order chi connectivity index (χ1) is 27.3. The average molecular weight is 703 g/mol. The quantitative estimate of drug-likeness (QED) is 0.166. The maximum atomic E-state index is 4.96. The van der Waals surface area contributed by atoms with Crippen molar-refractivity contribution in [3.8, 4) is 67.7 Å². The lowest BCUT2D eigenvalue weighted by Gasteiger charge is -2.34. The Labute approximate surface area is 320 Å². The van der Waals surface area contributed by atoms with E-state index < -0.39 is 5.41 Å². The molecule has 4 nitrogen and oxygen atoms in total. The third-order valence-corrected chi connectivity index (χ3v) is 10.7. The largest absolute Gasteiger partial charge is 0.256 e. The molecule has 0 amide bonds. The van der Waals surface area contributed by atoms with Gasteiger partial charge >= 0.3 is 0 Å². The number of pyridine rings is 1. The summed E-state index contributed by atoms with van der Waals surface area (Å²) in [6.45, 7) is 0. The Morgan fingerprint density at radius 3 is 1.47 bits per heavy atom. The molecule has 2 aromatic heterocycles. The summed E-state index contributed by atoms with van der Waals surface area (Å²) >= 11 is 0. The summed E-state index contributed by atoms with van der Waals surface area (Å²) < 4.78 is 0. The van der Waals surface area contributed by atoms with E-state index in [-0.39, 0.29) is 0 Å². The molecule has 0 spiro atoms. The molecule has 1 aliphatic carbocycles. The highest BCUT2D eigenvalue weighted by Crippen LogP contribution is 2.57. The average Bonchev–Trinajstić information content (AvgIpc) is 3.58. The molecule has 0 N–H and O–H groups in total. The first-order valence-electron chi connectivity index (χ1n) is 18.6. The summed E-state index contributed by atoms with van der Waals surface area (Å²) in [6, 6.07) is 70.5. The number of benzene rings is 7. The number of hydrogen-bond acceptors (Lipinski definition) is 4. The second-order valence-electron chi connectivity index (χ2n) is 13.8. The van der Waals surface area contributed by atoms with Crippen molar-refractivity contribution in [1.82, 2.24) is 19.9 Å². The molecule has 2 heterocycles. The fourth-order valence-corrected chi connectivity index (χ4v) is 8.13. The van der Waals surface area contributed by atoms with Gasteiger partial charge in [-0.1, -0.05) is 176 Å². The maximum absolute atomic E-state index is 4.96. The predicted molar refractivity (Wildman–Crippen MR) is 222 cm³/mol. The molecule has 4 heteroatoms. The smallest absolute Gasteiger partial charge is 0.164 e. The summed E-state index contributed by atoms with van der Waals surface area (Å²) in [5.41, 5.74) is 14.1. The third kappa shape index (κ3) is 5.63. The fourth-order valence-electron chi connectivity index (χ4n) is 8.13. The van der Waals surface area contributed by atoms with Crippen molar-refractivity contribution < 1.29 is 0 Å². The van der Waals surface area contributed by atoms with Gasteiger partial charge in [0.2, 0.25) is 0 Å². The van der Waals surface area contributed by atoms with Crippen LogP contribution in [0.4, 0.5) is 0 Å². The van der Waals surface area contributed by atoms with E-state index in [0.717, 1.165) is 39.1 Å². The number of aromatic nitrogens is 4. The molecule has 9 aromatic rings. The molecule has 55 heavy (non-hydrogen) atoms. The van der Waals surface area contributed by atoms with Crippen molar-refractivity contribution >= 4 is 0 Å². The normalized spacial score (nSPS) is 14.3. The van der Waals surface area contributed by atoms with Crippen LogP contribution >= 0.6 is 0 Å². The Hall–Kier alpha value is -7.30. The lowest BCUT2D eigenvalue weighted by molar-refractivity contribution is 0.769. The molecule has 0 saturated heterocycles. The Balaban J connectivity index is 1.10. The lowest BCUT2D eigenvalue weighted by Crippen LogP contribution is -2.28. The molecule has 10 rings (SSSR count). The van der Waals surface area contributed by atoms with Gasteiger partial charge in [-0.15, -0.1) is 0 Å². The molecular formula is C51H34N4. The van der Waals surface area contributed by atoms with Crippen molar-refractivity contribution in [2.75, 3.05) is 0 Å². The molecule has 0 radical (unpaired) electrons. The van der Waals surface area contributed by atoms with E-state index in [1.807, 2.05) is 72.9 Å². The van der Waals surface area contributed by atoms with Crippen LogP contribution in [0.5, 0.6) is 0 Å². The van der Waals surface area contributed by atoms with Crippen molar-refractivity contribution in [2.45, 2.75) is 5.41 Å². The Kier molecular flexibility index (Phi) is 8.00. The molecule has 0 fully saturated rings. The van der Waals surface area contributed by atoms with E-state index in [9.17, 15) is 0 Å².